The van der Waals surface area contributed by atoms with Crippen LogP contribution >= 0.6 is 11.8 Å². The van der Waals surface area contributed by atoms with Crippen LogP contribution < -0.4 is 5.32 Å². The molecule has 1 amide bonds. The molecule has 0 radical (unpaired) electrons. The summed E-state index contributed by atoms with van der Waals surface area (Å²) >= 11 is 1.62. The molecule has 0 saturated heterocycles. The van der Waals surface area contributed by atoms with E-state index in [1.54, 1.807) is 23.9 Å². The van der Waals surface area contributed by atoms with Crippen LogP contribution in [-0.2, 0) is 4.79 Å². The average Bonchev–Trinajstić information content (AvgIpc) is 2.70. The number of hydrogen-bond acceptors (Lipinski definition) is 3. The van der Waals surface area contributed by atoms with Gasteiger partial charge in [-0.3, -0.25) is 9.79 Å². The van der Waals surface area contributed by atoms with Gasteiger partial charge < -0.3 is 5.32 Å². The van der Waals surface area contributed by atoms with Gasteiger partial charge in [0.05, 0.1) is 16.6 Å². The second kappa shape index (κ2) is 7.98. The molecule has 0 bridgehead atoms. The molecular weight excluding hydrogens is 371 g/mol. The van der Waals surface area contributed by atoms with Gasteiger partial charge >= 0.3 is 0 Å². The fourth-order valence-corrected chi connectivity index (χ4v) is 4.39. The van der Waals surface area contributed by atoms with Gasteiger partial charge in [0, 0.05) is 17.0 Å². The van der Waals surface area contributed by atoms with Crippen molar-refractivity contribution in [2.75, 3.05) is 5.32 Å². The number of anilines is 1. The lowest BCUT2D eigenvalue weighted by Gasteiger charge is -2.24. The van der Waals surface area contributed by atoms with E-state index in [1.807, 2.05) is 55.5 Å². The zero-order valence-corrected chi connectivity index (χ0v) is 16.2. The molecule has 1 N–H and O–H groups in total. The molecular formula is C23H19FN2OS. The van der Waals surface area contributed by atoms with E-state index in [0.29, 0.717) is 0 Å². The maximum absolute atomic E-state index is 13.4. The molecule has 3 aromatic rings. The zero-order chi connectivity index (χ0) is 19.5. The lowest BCUT2D eigenvalue weighted by atomic mass is 10.0. The van der Waals surface area contributed by atoms with Gasteiger partial charge in [-0.15, -0.1) is 11.8 Å². The van der Waals surface area contributed by atoms with Crippen molar-refractivity contribution in [1.82, 2.24) is 0 Å². The summed E-state index contributed by atoms with van der Waals surface area (Å²) in [7, 11) is 0. The summed E-state index contributed by atoms with van der Waals surface area (Å²) < 4.78 is 13.4. The molecule has 3 aromatic carbocycles. The number of para-hydroxylation sites is 2. The number of amides is 1. The fourth-order valence-electron chi connectivity index (χ4n) is 3.15. The Bertz CT molecular complexity index is 1050. The summed E-state index contributed by atoms with van der Waals surface area (Å²) in [6, 6.07) is 21.9. The highest BCUT2D eigenvalue weighted by atomic mass is 32.2. The van der Waals surface area contributed by atoms with Gasteiger partial charge in [0.25, 0.3) is 0 Å². The van der Waals surface area contributed by atoms with Gasteiger partial charge in [-0.1, -0.05) is 42.5 Å². The smallest absolute Gasteiger partial charge is 0.225 e. The molecule has 0 saturated carbocycles. The van der Waals surface area contributed by atoms with E-state index in [2.05, 4.69) is 5.32 Å². The summed E-state index contributed by atoms with van der Waals surface area (Å²) in [4.78, 5) is 18.6. The van der Waals surface area contributed by atoms with Gasteiger partial charge in [0.15, 0.2) is 0 Å². The quantitative estimate of drug-likeness (QED) is 0.615. The van der Waals surface area contributed by atoms with E-state index in [9.17, 15) is 9.18 Å². The molecule has 1 aliphatic rings. The second-order valence-electron chi connectivity index (χ2n) is 6.65. The Labute approximate surface area is 167 Å². The zero-order valence-electron chi connectivity index (χ0n) is 15.4. The van der Waals surface area contributed by atoms with Crippen LogP contribution in [0.2, 0.25) is 0 Å². The SMILES string of the molecule is Cc1ccccc1NC(=O)C[C@@H]1Sc2ccccc2N=C1c1ccc(F)cc1. The predicted molar refractivity (Wildman–Crippen MR) is 113 cm³/mol. The number of nitrogens with zero attached hydrogens (tertiary/aromatic N) is 1. The third kappa shape index (κ3) is 3.99. The molecule has 1 heterocycles. The van der Waals surface area contributed by atoms with Crippen molar-refractivity contribution < 1.29 is 9.18 Å². The average molecular weight is 390 g/mol. The highest BCUT2D eigenvalue weighted by Gasteiger charge is 2.27. The molecule has 140 valence electrons. The normalized spacial score (nSPS) is 15.5. The Balaban J connectivity index is 1.61. The lowest BCUT2D eigenvalue weighted by Crippen LogP contribution is -2.27. The molecule has 4 rings (SSSR count). The van der Waals surface area contributed by atoms with Crippen molar-refractivity contribution in [3.8, 4) is 0 Å². The van der Waals surface area contributed by atoms with Crippen LogP contribution in [0.1, 0.15) is 17.5 Å². The number of thioether (sulfide) groups is 1. The first-order chi connectivity index (χ1) is 13.6. The van der Waals surface area contributed by atoms with Crippen molar-refractivity contribution >= 4 is 34.8 Å². The predicted octanol–water partition coefficient (Wildman–Crippen LogP) is 5.76. The van der Waals surface area contributed by atoms with Gasteiger partial charge in [0.1, 0.15) is 5.82 Å². The number of carbonyl (C=O) groups excluding carboxylic acids is 1. The van der Waals surface area contributed by atoms with E-state index in [-0.39, 0.29) is 23.4 Å². The largest absolute Gasteiger partial charge is 0.326 e. The van der Waals surface area contributed by atoms with Crippen molar-refractivity contribution in [2.45, 2.75) is 23.5 Å². The van der Waals surface area contributed by atoms with Crippen LogP contribution in [0.25, 0.3) is 0 Å². The molecule has 0 aliphatic carbocycles. The molecule has 0 unspecified atom stereocenters. The van der Waals surface area contributed by atoms with E-state index in [1.165, 1.54) is 12.1 Å². The Kier molecular flexibility index (Phi) is 5.26. The first kappa shape index (κ1) is 18.4. The van der Waals surface area contributed by atoms with E-state index in [4.69, 9.17) is 4.99 Å². The second-order valence-corrected chi connectivity index (χ2v) is 7.89. The minimum Gasteiger partial charge on any atom is -0.326 e. The van der Waals surface area contributed by atoms with Crippen molar-refractivity contribution in [1.29, 1.82) is 0 Å². The van der Waals surface area contributed by atoms with Crippen LogP contribution in [0.4, 0.5) is 15.8 Å². The van der Waals surface area contributed by atoms with Gasteiger partial charge in [-0.25, -0.2) is 4.39 Å². The van der Waals surface area contributed by atoms with E-state index < -0.39 is 0 Å². The molecule has 0 aromatic heterocycles. The highest BCUT2D eigenvalue weighted by Crippen LogP contribution is 2.40. The molecule has 1 aliphatic heterocycles. The van der Waals surface area contributed by atoms with Gasteiger partial charge in [0.2, 0.25) is 5.91 Å². The number of aliphatic imine (C=N–C) groups is 1. The van der Waals surface area contributed by atoms with Crippen LogP contribution in [0, 0.1) is 12.7 Å². The summed E-state index contributed by atoms with van der Waals surface area (Å²) in [5.41, 5.74) is 4.34. The molecule has 0 fully saturated rings. The highest BCUT2D eigenvalue weighted by molar-refractivity contribution is 8.01. The van der Waals surface area contributed by atoms with Crippen LogP contribution in [-0.4, -0.2) is 16.9 Å². The summed E-state index contributed by atoms with van der Waals surface area (Å²) in [5, 5.41) is 2.85. The third-order valence-electron chi connectivity index (χ3n) is 4.61. The molecule has 28 heavy (non-hydrogen) atoms. The van der Waals surface area contributed by atoms with Crippen LogP contribution in [0.15, 0.2) is 82.7 Å². The first-order valence-electron chi connectivity index (χ1n) is 9.06. The number of fused-ring (bicyclic) bond motifs is 1. The van der Waals surface area contributed by atoms with E-state index >= 15 is 0 Å². The minimum atomic E-state index is -0.290. The van der Waals surface area contributed by atoms with Crippen LogP contribution in [0.3, 0.4) is 0 Å². The number of nitrogens with one attached hydrogen (secondary N) is 1. The Morgan fingerprint density at radius 3 is 2.54 bits per heavy atom. The number of carbonyl (C=O) groups is 1. The molecule has 1 atom stereocenters. The summed E-state index contributed by atoms with van der Waals surface area (Å²) in [5.74, 6) is -0.358. The Morgan fingerprint density at radius 1 is 1.04 bits per heavy atom. The summed E-state index contributed by atoms with van der Waals surface area (Å²) in [6.45, 7) is 1.96. The first-order valence-corrected chi connectivity index (χ1v) is 9.94. The number of rotatable bonds is 4. The maximum atomic E-state index is 13.4. The number of hydrogen-bond donors (Lipinski definition) is 1. The topological polar surface area (TPSA) is 41.5 Å². The van der Waals surface area contributed by atoms with Gasteiger partial charge in [-0.05, 0) is 48.4 Å². The molecule has 5 heteroatoms. The fraction of sp³-hybridized carbons (Fsp3) is 0.130. The standard InChI is InChI=1S/C23H19FN2OS/c1-15-6-2-3-7-18(15)25-22(27)14-21-23(16-10-12-17(24)13-11-16)26-19-8-4-5-9-20(19)28-21/h2-13,21H,14H2,1H3,(H,25,27)/t21-/m0/s1. The number of aryl methyl sites for hydroxylation is 1. The lowest BCUT2D eigenvalue weighted by molar-refractivity contribution is -0.116. The minimum absolute atomic E-state index is 0.0685. The van der Waals surface area contributed by atoms with Gasteiger partial charge in [-0.2, -0.15) is 0 Å². The molecule has 0 spiro atoms. The maximum Gasteiger partial charge on any atom is 0.225 e. The Morgan fingerprint density at radius 2 is 1.75 bits per heavy atom. The third-order valence-corrected chi connectivity index (χ3v) is 5.88. The van der Waals surface area contributed by atoms with E-state index in [0.717, 1.165) is 33.1 Å². The van der Waals surface area contributed by atoms with Crippen molar-refractivity contribution in [2.24, 2.45) is 4.99 Å². The molecule has 3 nitrogen and oxygen atoms in total. The summed E-state index contributed by atoms with van der Waals surface area (Å²) in [6.07, 6.45) is 0.281. The van der Waals surface area contributed by atoms with Crippen LogP contribution in [0.5, 0.6) is 0 Å². The number of benzene rings is 3. The monoisotopic (exact) mass is 390 g/mol. The Hall–Kier alpha value is -2.92. The van der Waals surface area contributed by atoms with Crippen molar-refractivity contribution in [3.63, 3.8) is 0 Å². The van der Waals surface area contributed by atoms with Crippen molar-refractivity contribution in [3.05, 3.63) is 89.7 Å². The number of halogens is 1.